The van der Waals surface area contributed by atoms with Crippen molar-refractivity contribution in [2.24, 2.45) is 0 Å². The molecular weight excluding hydrogens is 543 g/mol. The third-order valence-corrected chi connectivity index (χ3v) is 15.3. The van der Waals surface area contributed by atoms with Crippen molar-refractivity contribution in [3.05, 3.63) is 12.2 Å². The van der Waals surface area contributed by atoms with Gasteiger partial charge in [0.25, 0.3) is 0 Å². The second kappa shape index (κ2) is 22.4. The Labute approximate surface area is 212 Å². The molecular formula is C26H48O7Sn. The van der Waals surface area contributed by atoms with Crippen LogP contribution in [0.3, 0.4) is 0 Å². The summed E-state index contributed by atoms with van der Waals surface area (Å²) in [5, 5.41) is 8.70. The molecule has 0 aromatic rings. The monoisotopic (exact) mass is 592 g/mol. The van der Waals surface area contributed by atoms with Crippen molar-refractivity contribution in [1.29, 1.82) is 0 Å². The van der Waals surface area contributed by atoms with Gasteiger partial charge in [-0.15, -0.1) is 0 Å². The van der Waals surface area contributed by atoms with Crippen LogP contribution in [0.15, 0.2) is 12.2 Å². The fourth-order valence-corrected chi connectivity index (χ4v) is 13.4. The van der Waals surface area contributed by atoms with Crippen molar-refractivity contribution in [3.63, 3.8) is 0 Å². The van der Waals surface area contributed by atoms with Crippen LogP contribution in [-0.2, 0) is 25.3 Å². The summed E-state index contributed by atoms with van der Waals surface area (Å²) in [5.41, 5.74) is 0. The van der Waals surface area contributed by atoms with Crippen molar-refractivity contribution in [3.8, 4) is 0 Å². The van der Waals surface area contributed by atoms with Gasteiger partial charge in [0.2, 0.25) is 0 Å². The summed E-state index contributed by atoms with van der Waals surface area (Å²) < 4.78 is 17.8. The quantitative estimate of drug-likeness (QED) is 0.0701. The van der Waals surface area contributed by atoms with Crippen molar-refractivity contribution in [2.45, 2.75) is 120 Å². The van der Waals surface area contributed by atoms with Gasteiger partial charge in [-0.25, -0.2) is 0 Å². The molecule has 0 spiro atoms. The van der Waals surface area contributed by atoms with E-state index >= 15 is 0 Å². The van der Waals surface area contributed by atoms with E-state index in [9.17, 15) is 14.4 Å². The Morgan fingerprint density at radius 2 is 1.18 bits per heavy atom. The normalized spacial score (nSPS) is 11.5. The zero-order valence-electron chi connectivity index (χ0n) is 21.8. The van der Waals surface area contributed by atoms with Crippen molar-refractivity contribution in [2.75, 3.05) is 13.2 Å². The molecule has 0 aliphatic carbocycles. The first-order chi connectivity index (χ1) is 16.4. The molecule has 0 unspecified atom stereocenters. The fourth-order valence-electron chi connectivity index (χ4n) is 3.63. The molecule has 0 saturated heterocycles. The number of carbonyl (C=O) groups excluding carboxylic acids is 3. The van der Waals surface area contributed by atoms with E-state index in [1.807, 2.05) is 0 Å². The minimum absolute atomic E-state index is 0.134. The fraction of sp³-hybridized carbons (Fsp3) is 0.808. The average Bonchev–Trinajstić information content (AvgIpc) is 2.82. The molecule has 0 saturated carbocycles. The van der Waals surface area contributed by atoms with E-state index in [2.05, 4.69) is 20.8 Å². The number of esters is 1. The minimum atomic E-state index is -4.01. The van der Waals surface area contributed by atoms with Gasteiger partial charge in [0.15, 0.2) is 0 Å². The Bertz CT molecular complexity index is 569. The van der Waals surface area contributed by atoms with Gasteiger partial charge in [-0.3, -0.25) is 0 Å². The first kappa shape index (κ1) is 32.9. The van der Waals surface area contributed by atoms with Crippen molar-refractivity contribution < 1.29 is 30.4 Å². The van der Waals surface area contributed by atoms with Crippen LogP contribution in [0.2, 0.25) is 8.87 Å². The SMILES string of the molecule is CCCCCCCCCCCC(=O)[O][Sn]([CH2]CCC)([CH2]CCC)[O]C(=O)C=CC(=O)OCCO. The first-order valence-corrected chi connectivity index (χ1v) is 19.7. The second-order valence-electron chi connectivity index (χ2n) is 8.82. The molecule has 0 heterocycles. The predicted molar refractivity (Wildman–Crippen MR) is 136 cm³/mol. The number of hydrogen-bond acceptors (Lipinski definition) is 7. The van der Waals surface area contributed by atoms with Gasteiger partial charge < -0.3 is 0 Å². The number of aliphatic hydroxyl groups excluding tert-OH is 1. The summed E-state index contributed by atoms with van der Waals surface area (Å²) >= 11 is -4.01. The molecule has 0 radical (unpaired) electrons. The summed E-state index contributed by atoms with van der Waals surface area (Å²) in [6, 6.07) is 0. The zero-order chi connectivity index (χ0) is 25.5. The molecule has 1 N–H and O–H groups in total. The van der Waals surface area contributed by atoms with Gasteiger partial charge in [-0.2, -0.15) is 0 Å². The maximum atomic E-state index is 12.7. The van der Waals surface area contributed by atoms with Crippen LogP contribution >= 0.6 is 0 Å². The third-order valence-electron chi connectivity index (χ3n) is 5.58. The molecule has 34 heavy (non-hydrogen) atoms. The van der Waals surface area contributed by atoms with Crippen LogP contribution in [0.1, 0.15) is 111 Å². The van der Waals surface area contributed by atoms with E-state index in [1.54, 1.807) is 0 Å². The number of unbranched alkanes of at least 4 members (excludes halogenated alkanes) is 10. The van der Waals surface area contributed by atoms with Crippen LogP contribution in [-0.4, -0.2) is 55.4 Å². The van der Waals surface area contributed by atoms with E-state index in [1.165, 1.54) is 38.5 Å². The first-order valence-electron chi connectivity index (χ1n) is 13.3. The molecule has 0 fully saturated rings. The summed E-state index contributed by atoms with van der Waals surface area (Å²) in [5.74, 6) is -1.65. The van der Waals surface area contributed by atoms with Crippen LogP contribution < -0.4 is 0 Å². The molecule has 0 aliphatic heterocycles. The van der Waals surface area contributed by atoms with Crippen LogP contribution in [0.25, 0.3) is 0 Å². The van der Waals surface area contributed by atoms with Crippen molar-refractivity contribution >= 4 is 37.1 Å². The van der Waals surface area contributed by atoms with E-state index in [0.29, 0.717) is 15.3 Å². The van der Waals surface area contributed by atoms with Gasteiger partial charge in [-0.05, 0) is 0 Å². The molecule has 7 nitrogen and oxygen atoms in total. The summed E-state index contributed by atoms with van der Waals surface area (Å²) in [6.45, 7) is 5.91. The van der Waals surface area contributed by atoms with Gasteiger partial charge in [0.05, 0.1) is 0 Å². The van der Waals surface area contributed by atoms with E-state index in [4.69, 9.17) is 16.0 Å². The van der Waals surface area contributed by atoms with E-state index in [-0.39, 0.29) is 19.2 Å². The number of ether oxygens (including phenoxy) is 1. The topological polar surface area (TPSA) is 99.1 Å². The Hall–Kier alpha value is -1.09. The molecule has 0 atom stereocenters. The zero-order valence-corrected chi connectivity index (χ0v) is 24.6. The van der Waals surface area contributed by atoms with E-state index < -0.39 is 31.1 Å². The van der Waals surface area contributed by atoms with Crippen LogP contribution in [0.5, 0.6) is 0 Å². The maximum absolute atomic E-state index is 12.7. The molecule has 198 valence electrons. The number of carbonyl (C=O) groups is 3. The molecule has 0 amide bonds. The Kier molecular flexibility index (Phi) is 21.7. The number of aliphatic hydroxyl groups is 1. The summed E-state index contributed by atoms with van der Waals surface area (Å²) in [4.78, 5) is 36.7. The molecule has 0 aliphatic rings. The molecule has 0 aromatic carbocycles. The third kappa shape index (κ3) is 18.3. The van der Waals surface area contributed by atoms with Crippen LogP contribution in [0, 0.1) is 0 Å². The average molecular weight is 591 g/mol. The van der Waals surface area contributed by atoms with Gasteiger partial charge >= 0.3 is 205 Å². The standard InChI is InChI=1S/C12H24O2.C6H8O5.2C4H9.Sn/c1-2-3-4-5-6-7-8-9-10-11-12(13)14;7-3-4-11-6(10)2-1-5(8)9;2*1-3-4-2;/h2-11H2,1H3,(H,13,14);1-2,7H,3-4H2,(H,8,9);2*1,3-4H2,2H3;/q;;;;+2/p-2. The second-order valence-corrected chi connectivity index (χ2v) is 18.0. The number of rotatable bonds is 22. The number of hydrogen-bond donors (Lipinski definition) is 1. The molecule has 0 rings (SSSR count). The molecule has 0 bridgehead atoms. The van der Waals surface area contributed by atoms with Gasteiger partial charge in [-0.1, -0.05) is 6.92 Å². The van der Waals surface area contributed by atoms with Crippen LogP contribution in [0.4, 0.5) is 0 Å². The summed E-state index contributed by atoms with van der Waals surface area (Å²) in [6.07, 6.45) is 16.4. The van der Waals surface area contributed by atoms with Gasteiger partial charge in [0, 0.05) is 0 Å². The molecule has 0 aromatic heterocycles. The summed E-state index contributed by atoms with van der Waals surface area (Å²) in [7, 11) is 0. The Balaban J connectivity index is 4.80. The Morgan fingerprint density at radius 3 is 1.71 bits per heavy atom. The van der Waals surface area contributed by atoms with Crippen molar-refractivity contribution in [1.82, 2.24) is 0 Å². The predicted octanol–water partition coefficient (Wildman–Crippen LogP) is 6.13. The van der Waals surface area contributed by atoms with E-state index in [0.717, 1.165) is 57.1 Å². The van der Waals surface area contributed by atoms with Gasteiger partial charge in [0.1, 0.15) is 0 Å². The molecule has 8 heteroatoms. The Morgan fingerprint density at radius 1 is 0.676 bits per heavy atom.